The van der Waals surface area contributed by atoms with Crippen LogP contribution in [0.3, 0.4) is 0 Å². The summed E-state index contributed by atoms with van der Waals surface area (Å²) in [6.45, 7) is 5.94. The molecule has 1 heterocycles. The first-order valence-corrected chi connectivity index (χ1v) is 6.92. The average molecular weight is 279 g/mol. The molecular formula is C12H19F2NO2S. The smallest absolute Gasteiger partial charge is 0.284 e. The molecule has 3 nitrogen and oxygen atoms in total. The molecule has 0 aliphatic heterocycles. The van der Waals surface area contributed by atoms with Crippen LogP contribution in [0.15, 0.2) is 16.5 Å². The van der Waals surface area contributed by atoms with E-state index in [-0.39, 0.29) is 11.9 Å². The zero-order chi connectivity index (χ0) is 13.4. The number of alkyl halides is 2. The summed E-state index contributed by atoms with van der Waals surface area (Å²) in [4.78, 5) is 0. The minimum Gasteiger partial charge on any atom is -0.464 e. The summed E-state index contributed by atoms with van der Waals surface area (Å²) in [5, 5.41) is 3.16. The molecule has 6 heteroatoms. The molecule has 18 heavy (non-hydrogen) atoms. The van der Waals surface area contributed by atoms with Crippen LogP contribution in [0.1, 0.15) is 25.4 Å². The summed E-state index contributed by atoms with van der Waals surface area (Å²) in [6, 6.07) is 3.54. The van der Waals surface area contributed by atoms with Crippen LogP contribution in [-0.4, -0.2) is 25.0 Å². The summed E-state index contributed by atoms with van der Waals surface area (Å²) in [5.41, 5.74) is 0. The molecule has 104 valence electrons. The summed E-state index contributed by atoms with van der Waals surface area (Å²) >= 11 is 0.565. The van der Waals surface area contributed by atoms with Gasteiger partial charge in [0.05, 0.1) is 25.0 Å². The molecule has 1 aromatic rings. The van der Waals surface area contributed by atoms with Crippen molar-refractivity contribution in [2.45, 2.75) is 38.0 Å². The van der Waals surface area contributed by atoms with Crippen molar-refractivity contribution in [2.24, 2.45) is 0 Å². The van der Waals surface area contributed by atoms with Gasteiger partial charge >= 0.3 is 0 Å². The highest BCUT2D eigenvalue weighted by Gasteiger charge is 2.07. The van der Waals surface area contributed by atoms with Crippen LogP contribution in [0.4, 0.5) is 8.78 Å². The largest absolute Gasteiger partial charge is 0.464 e. The monoisotopic (exact) mass is 279 g/mol. The molecule has 0 amide bonds. The summed E-state index contributed by atoms with van der Waals surface area (Å²) < 4.78 is 34.7. The first-order chi connectivity index (χ1) is 8.58. The van der Waals surface area contributed by atoms with E-state index in [1.54, 1.807) is 12.1 Å². The lowest BCUT2D eigenvalue weighted by atomic mass is 10.4. The van der Waals surface area contributed by atoms with Crippen LogP contribution in [0.5, 0.6) is 0 Å². The van der Waals surface area contributed by atoms with Gasteiger partial charge in [0.1, 0.15) is 11.5 Å². The lowest BCUT2D eigenvalue weighted by molar-refractivity contribution is 0.0805. The van der Waals surface area contributed by atoms with E-state index in [1.165, 1.54) is 0 Å². The van der Waals surface area contributed by atoms with E-state index in [0.717, 1.165) is 12.3 Å². The lowest BCUT2D eigenvalue weighted by Gasteiger charge is -2.07. The third-order valence-corrected chi connectivity index (χ3v) is 2.80. The Kier molecular flexibility index (Phi) is 7.31. The first-order valence-electron chi connectivity index (χ1n) is 5.87. The summed E-state index contributed by atoms with van der Waals surface area (Å²) in [7, 11) is 0. The van der Waals surface area contributed by atoms with Crippen molar-refractivity contribution in [3.8, 4) is 0 Å². The van der Waals surface area contributed by atoms with Gasteiger partial charge < -0.3 is 14.5 Å². The molecule has 1 rings (SSSR count). The fourth-order valence-corrected chi connectivity index (χ4v) is 1.76. The zero-order valence-electron chi connectivity index (χ0n) is 10.6. The van der Waals surface area contributed by atoms with E-state index in [4.69, 9.17) is 9.15 Å². The first kappa shape index (κ1) is 15.5. The molecule has 0 spiro atoms. The van der Waals surface area contributed by atoms with Crippen molar-refractivity contribution in [3.63, 3.8) is 0 Å². The van der Waals surface area contributed by atoms with Crippen LogP contribution in [-0.2, 0) is 17.0 Å². The van der Waals surface area contributed by atoms with Gasteiger partial charge in [0, 0.05) is 6.54 Å². The Balaban J connectivity index is 2.15. The van der Waals surface area contributed by atoms with Gasteiger partial charge in [0.15, 0.2) is 0 Å². The number of ether oxygens (including phenoxy) is 1. The van der Waals surface area contributed by atoms with E-state index < -0.39 is 5.76 Å². The summed E-state index contributed by atoms with van der Waals surface area (Å²) in [6.07, 6.45) is 0.230. The highest BCUT2D eigenvalue weighted by molar-refractivity contribution is 7.98. The third kappa shape index (κ3) is 6.98. The van der Waals surface area contributed by atoms with E-state index >= 15 is 0 Å². The van der Waals surface area contributed by atoms with Crippen LogP contribution in [0.2, 0.25) is 0 Å². The van der Waals surface area contributed by atoms with Gasteiger partial charge in [-0.2, -0.15) is 8.78 Å². The van der Waals surface area contributed by atoms with Crippen LogP contribution in [0.25, 0.3) is 0 Å². The maximum atomic E-state index is 12.0. The van der Waals surface area contributed by atoms with Gasteiger partial charge in [-0.05, 0) is 26.0 Å². The topological polar surface area (TPSA) is 34.4 Å². The molecular weight excluding hydrogens is 260 g/mol. The quantitative estimate of drug-likeness (QED) is 0.704. The Bertz CT molecular complexity index is 332. The van der Waals surface area contributed by atoms with Crippen LogP contribution < -0.4 is 5.32 Å². The van der Waals surface area contributed by atoms with Gasteiger partial charge in [-0.3, -0.25) is 0 Å². The van der Waals surface area contributed by atoms with Gasteiger partial charge in [-0.15, -0.1) is 0 Å². The van der Waals surface area contributed by atoms with E-state index in [1.807, 2.05) is 13.8 Å². The van der Waals surface area contributed by atoms with Crippen molar-refractivity contribution >= 4 is 11.8 Å². The number of furan rings is 1. The predicted octanol–water partition coefficient (Wildman–Crippen LogP) is 3.25. The molecule has 0 atom stereocenters. The average Bonchev–Trinajstić information content (AvgIpc) is 2.73. The van der Waals surface area contributed by atoms with E-state index in [2.05, 4.69) is 5.32 Å². The third-order valence-electron chi connectivity index (χ3n) is 2.10. The van der Waals surface area contributed by atoms with E-state index in [9.17, 15) is 8.78 Å². The second kappa shape index (κ2) is 8.50. The van der Waals surface area contributed by atoms with Crippen molar-refractivity contribution in [1.29, 1.82) is 0 Å². The van der Waals surface area contributed by atoms with Crippen molar-refractivity contribution in [1.82, 2.24) is 5.32 Å². The van der Waals surface area contributed by atoms with Crippen molar-refractivity contribution < 1.29 is 17.9 Å². The van der Waals surface area contributed by atoms with E-state index in [0.29, 0.717) is 30.7 Å². The van der Waals surface area contributed by atoms with Gasteiger partial charge in [-0.25, -0.2) is 0 Å². The Morgan fingerprint density at radius 3 is 2.72 bits per heavy atom. The Hall–Kier alpha value is -0.590. The molecule has 0 unspecified atom stereocenters. The number of hydrogen-bond acceptors (Lipinski definition) is 4. The SMILES string of the molecule is CC(C)OCCNCc1ccc(CSC(F)F)o1. The fourth-order valence-electron chi connectivity index (χ4n) is 1.32. The standard InChI is InChI=1S/C12H19F2NO2S/c1-9(2)16-6-5-15-7-10-3-4-11(17-10)8-18-12(13)14/h3-4,9,12,15H,5-8H2,1-2H3. The molecule has 0 aromatic carbocycles. The number of halogens is 2. The van der Waals surface area contributed by atoms with Gasteiger partial charge in [0.2, 0.25) is 0 Å². The summed E-state index contributed by atoms with van der Waals surface area (Å²) in [5.74, 6) is -0.821. The van der Waals surface area contributed by atoms with Crippen molar-refractivity contribution in [3.05, 3.63) is 23.7 Å². The minimum atomic E-state index is -2.36. The Labute approximate surface area is 110 Å². The van der Waals surface area contributed by atoms with Crippen LogP contribution >= 0.6 is 11.8 Å². The molecule has 1 aromatic heterocycles. The molecule has 0 radical (unpaired) electrons. The highest BCUT2D eigenvalue weighted by Crippen LogP contribution is 2.21. The molecule has 0 bridgehead atoms. The molecule has 0 fully saturated rings. The molecule has 0 aliphatic rings. The normalized spacial score (nSPS) is 11.7. The number of rotatable bonds is 9. The second-order valence-electron chi connectivity index (χ2n) is 4.04. The molecule has 0 saturated carbocycles. The minimum absolute atomic E-state index is 0.203. The number of thioether (sulfide) groups is 1. The Morgan fingerprint density at radius 1 is 1.33 bits per heavy atom. The van der Waals surface area contributed by atoms with Gasteiger partial charge in [-0.1, -0.05) is 11.8 Å². The van der Waals surface area contributed by atoms with Crippen LogP contribution in [0, 0.1) is 0 Å². The maximum absolute atomic E-state index is 12.0. The lowest BCUT2D eigenvalue weighted by Crippen LogP contribution is -2.20. The van der Waals surface area contributed by atoms with Gasteiger partial charge in [0.25, 0.3) is 5.76 Å². The Morgan fingerprint density at radius 2 is 2.06 bits per heavy atom. The zero-order valence-corrected chi connectivity index (χ0v) is 11.4. The number of hydrogen-bond donors (Lipinski definition) is 1. The molecule has 0 aliphatic carbocycles. The molecule has 0 saturated heterocycles. The molecule has 1 N–H and O–H groups in total. The van der Waals surface area contributed by atoms with Crippen molar-refractivity contribution in [2.75, 3.05) is 13.2 Å². The second-order valence-corrected chi connectivity index (χ2v) is 5.01. The highest BCUT2D eigenvalue weighted by atomic mass is 32.2. The maximum Gasteiger partial charge on any atom is 0.284 e. The number of nitrogens with one attached hydrogen (secondary N) is 1. The fraction of sp³-hybridized carbons (Fsp3) is 0.667. The predicted molar refractivity (Wildman–Crippen MR) is 68.8 cm³/mol.